The summed E-state index contributed by atoms with van der Waals surface area (Å²) in [5.74, 6) is -2.57. The summed E-state index contributed by atoms with van der Waals surface area (Å²) in [6.07, 6.45) is -7.60. The first-order valence-corrected chi connectivity index (χ1v) is 4.12. The third-order valence-corrected chi connectivity index (χ3v) is 1.72. The summed E-state index contributed by atoms with van der Waals surface area (Å²) in [6, 6.07) is 0. The van der Waals surface area contributed by atoms with Gasteiger partial charge in [0, 0.05) is 0 Å². The van der Waals surface area contributed by atoms with Gasteiger partial charge in [-0.1, -0.05) is 0 Å². The first kappa shape index (κ1) is 13.3. The van der Waals surface area contributed by atoms with Crippen LogP contribution < -0.4 is 15.2 Å². The van der Waals surface area contributed by atoms with Crippen molar-refractivity contribution >= 4 is 5.82 Å². The minimum atomic E-state index is -5.15. The van der Waals surface area contributed by atoms with Crippen LogP contribution in [0.4, 0.5) is 27.8 Å². The van der Waals surface area contributed by atoms with Crippen LogP contribution in [0.3, 0.4) is 0 Å². The lowest BCUT2D eigenvalue weighted by Gasteiger charge is -2.16. The third kappa shape index (κ3) is 3.08. The lowest BCUT2D eigenvalue weighted by molar-refractivity contribution is -0.275. The van der Waals surface area contributed by atoms with E-state index in [2.05, 4.69) is 14.5 Å². The highest BCUT2D eigenvalue weighted by Crippen LogP contribution is 2.41. The van der Waals surface area contributed by atoms with Crippen molar-refractivity contribution in [2.24, 2.45) is 0 Å². The van der Waals surface area contributed by atoms with Gasteiger partial charge in [-0.3, -0.25) is 0 Å². The number of methoxy groups -OCH3 is 1. The van der Waals surface area contributed by atoms with Crippen LogP contribution >= 0.6 is 0 Å². The van der Waals surface area contributed by atoms with Crippen LogP contribution in [0.5, 0.6) is 11.5 Å². The van der Waals surface area contributed by atoms with Gasteiger partial charge in [0.2, 0.25) is 0 Å². The smallest absolute Gasteiger partial charge is 0.494 e. The lowest BCUT2D eigenvalue weighted by atomic mass is 10.2. The number of ether oxygens (including phenoxy) is 2. The predicted octanol–water partition coefficient (Wildman–Crippen LogP) is 2.51. The fourth-order valence-corrected chi connectivity index (χ4v) is 1.10. The molecule has 0 atom stereocenters. The molecule has 0 aliphatic heterocycles. The Morgan fingerprint density at radius 1 is 1.35 bits per heavy atom. The largest absolute Gasteiger partial charge is 0.573 e. The van der Waals surface area contributed by atoms with Crippen LogP contribution in [0, 0.1) is 0 Å². The van der Waals surface area contributed by atoms with E-state index in [0.29, 0.717) is 0 Å². The second kappa shape index (κ2) is 4.60. The molecule has 1 aromatic heterocycles. The summed E-state index contributed by atoms with van der Waals surface area (Å²) in [5.41, 5.74) is 3.98. The number of rotatable bonds is 3. The number of alkyl halides is 5. The molecule has 0 bridgehead atoms. The van der Waals surface area contributed by atoms with Crippen molar-refractivity contribution in [2.45, 2.75) is 12.8 Å². The van der Waals surface area contributed by atoms with E-state index >= 15 is 0 Å². The molecule has 1 rings (SSSR count). The van der Waals surface area contributed by atoms with Gasteiger partial charge >= 0.3 is 6.36 Å². The van der Waals surface area contributed by atoms with Crippen molar-refractivity contribution < 1.29 is 31.4 Å². The molecule has 0 unspecified atom stereocenters. The van der Waals surface area contributed by atoms with Gasteiger partial charge in [0.1, 0.15) is 11.3 Å². The van der Waals surface area contributed by atoms with Crippen molar-refractivity contribution in [2.75, 3.05) is 12.8 Å². The molecule has 2 N–H and O–H groups in total. The highest BCUT2D eigenvalue weighted by atomic mass is 19.4. The summed E-state index contributed by atoms with van der Waals surface area (Å²) in [4.78, 5) is 3.27. The molecule has 0 saturated heterocycles. The van der Waals surface area contributed by atoms with Gasteiger partial charge in [-0.2, -0.15) is 0 Å². The molecule has 1 aromatic rings. The number of hydrogen-bond acceptors (Lipinski definition) is 4. The van der Waals surface area contributed by atoms with Crippen molar-refractivity contribution in [3.63, 3.8) is 0 Å². The second-order valence-corrected chi connectivity index (χ2v) is 2.80. The van der Waals surface area contributed by atoms with E-state index in [1.54, 1.807) is 0 Å². The maximum absolute atomic E-state index is 12.6. The number of nitrogens with two attached hydrogens (primary N) is 1. The number of halogens is 5. The molecule has 0 aromatic carbocycles. The highest BCUT2D eigenvalue weighted by molar-refractivity contribution is 5.57. The third-order valence-electron chi connectivity index (χ3n) is 1.72. The lowest BCUT2D eigenvalue weighted by Crippen LogP contribution is -2.20. The SMILES string of the molecule is COc1cnc(N)c(OC(F)(F)F)c1C(F)F. The number of nitrogen functional groups attached to an aromatic ring is 1. The quantitative estimate of drug-likeness (QED) is 0.846. The van der Waals surface area contributed by atoms with E-state index in [9.17, 15) is 22.0 Å². The second-order valence-electron chi connectivity index (χ2n) is 2.80. The van der Waals surface area contributed by atoms with Crippen LogP contribution in [-0.4, -0.2) is 18.5 Å². The van der Waals surface area contributed by atoms with Crippen LogP contribution in [0.15, 0.2) is 6.20 Å². The standard InChI is InChI=1S/C8H7F5N2O2/c1-16-3-2-15-7(14)5(4(3)6(9)10)17-8(11,12)13/h2,6H,1H3,(H2,14,15). The molecule has 0 radical (unpaired) electrons. The predicted molar refractivity (Wildman–Crippen MR) is 46.8 cm³/mol. The number of hydrogen-bond donors (Lipinski definition) is 1. The molecule has 17 heavy (non-hydrogen) atoms. The monoisotopic (exact) mass is 258 g/mol. The van der Waals surface area contributed by atoms with E-state index in [0.717, 1.165) is 13.3 Å². The van der Waals surface area contributed by atoms with E-state index in [-0.39, 0.29) is 0 Å². The number of aromatic nitrogens is 1. The molecule has 9 heteroatoms. The number of nitrogens with zero attached hydrogens (tertiary/aromatic N) is 1. The van der Waals surface area contributed by atoms with Gasteiger partial charge < -0.3 is 15.2 Å². The zero-order valence-corrected chi connectivity index (χ0v) is 8.39. The highest BCUT2D eigenvalue weighted by Gasteiger charge is 2.36. The first-order chi connectivity index (χ1) is 7.76. The van der Waals surface area contributed by atoms with Gasteiger partial charge in [-0.15, -0.1) is 13.2 Å². The van der Waals surface area contributed by atoms with Gasteiger partial charge in [0.05, 0.1) is 13.3 Å². The van der Waals surface area contributed by atoms with Crippen molar-refractivity contribution in [3.05, 3.63) is 11.8 Å². The molecule has 0 saturated carbocycles. The average Bonchev–Trinajstić information content (AvgIpc) is 2.18. The van der Waals surface area contributed by atoms with Gasteiger partial charge in [0.25, 0.3) is 6.43 Å². The van der Waals surface area contributed by atoms with E-state index in [1.165, 1.54) is 0 Å². The summed E-state index contributed by atoms with van der Waals surface area (Å²) in [6.45, 7) is 0. The maximum Gasteiger partial charge on any atom is 0.573 e. The Balaban J connectivity index is 3.34. The first-order valence-electron chi connectivity index (χ1n) is 4.12. The van der Waals surface area contributed by atoms with Crippen molar-refractivity contribution in [3.8, 4) is 11.5 Å². The van der Waals surface area contributed by atoms with Crippen LogP contribution in [0.25, 0.3) is 0 Å². The van der Waals surface area contributed by atoms with Gasteiger partial charge in [0.15, 0.2) is 11.6 Å². The molecule has 0 aliphatic rings. The minimum Gasteiger partial charge on any atom is -0.494 e. The molecule has 0 spiro atoms. The summed E-state index contributed by atoms with van der Waals surface area (Å²) in [5, 5.41) is 0. The maximum atomic E-state index is 12.6. The fraction of sp³-hybridized carbons (Fsp3) is 0.375. The fourth-order valence-electron chi connectivity index (χ4n) is 1.10. The van der Waals surface area contributed by atoms with E-state index in [1.807, 2.05) is 0 Å². The minimum absolute atomic E-state index is 0.534. The molecule has 0 aliphatic carbocycles. The molecule has 1 heterocycles. The molecule has 96 valence electrons. The van der Waals surface area contributed by atoms with Crippen LogP contribution in [0.1, 0.15) is 12.0 Å². The Morgan fingerprint density at radius 3 is 2.35 bits per heavy atom. The zero-order valence-electron chi connectivity index (χ0n) is 8.39. The normalized spacial score (nSPS) is 11.7. The molecule has 4 nitrogen and oxygen atoms in total. The van der Waals surface area contributed by atoms with Gasteiger partial charge in [-0.05, 0) is 0 Å². The molecular weight excluding hydrogens is 251 g/mol. The van der Waals surface area contributed by atoms with Crippen molar-refractivity contribution in [1.29, 1.82) is 0 Å². The van der Waals surface area contributed by atoms with Crippen LogP contribution in [0.2, 0.25) is 0 Å². The van der Waals surface area contributed by atoms with Gasteiger partial charge in [-0.25, -0.2) is 13.8 Å². The van der Waals surface area contributed by atoms with E-state index in [4.69, 9.17) is 5.73 Å². The zero-order chi connectivity index (χ0) is 13.2. The average molecular weight is 258 g/mol. The molecule has 0 fully saturated rings. The topological polar surface area (TPSA) is 57.4 Å². The Bertz CT molecular complexity index is 408. The Morgan fingerprint density at radius 2 is 1.94 bits per heavy atom. The Kier molecular flexibility index (Phi) is 3.59. The molecular formula is C8H7F5N2O2. The Labute approximate surface area is 92.1 Å². The van der Waals surface area contributed by atoms with Crippen LogP contribution in [-0.2, 0) is 0 Å². The van der Waals surface area contributed by atoms with E-state index < -0.39 is 35.7 Å². The summed E-state index contributed by atoms with van der Waals surface area (Å²) in [7, 11) is 1.01. The molecule has 0 amide bonds. The Hall–Kier alpha value is -1.80. The summed E-state index contributed by atoms with van der Waals surface area (Å²) < 4.78 is 69.2. The number of pyridine rings is 1. The summed E-state index contributed by atoms with van der Waals surface area (Å²) >= 11 is 0. The van der Waals surface area contributed by atoms with Crippen molar-refractivity contribution in [1.82, 2.24) is 4.98 Å². The number of anilines is 1.